The number of hydrazone groups is 1. The first-order valence-electron chi connectivity index (χ1n) is 8.15. The number of thiocarbonyl (C=S) groups is 1. The van der Waals surface area contributed by atoms with Gasteiger partial charge >= 0.3 is 5.97 Å². The number of nitrogens with zero attached hydrogens (tertiary/aromatic N) is 1. The molecule has 0 saturated heterocycles. The Morgan fingerprint density at radius 3 is 2.78 bits per heavy atom. The summed E-state index contributed by atoms with van der Waals surface area (Å²) in [4.78, 5) is 13.0. The number of hydrogen-bond donors (Lipinski definition) is 2. The normalized spacial score (nSPS) is 10.9. The third kappa shape index (κ3) is 4.63. The second-order valence-corrected chi connectivity index (χ2v) is 7.24. The maximum absolute atomic E-state index is 12.6. The van der Waals surface area contributed by atoms with Gasteiger partial charge in [-0.2, -0.15) is 5.10 Å². The predicted molar refractivity (Wildman–Crippen MR) is 115 cm³/mol. The van der Waals surface area contributed by atoms with Crippen LogP contribution in [0.5, 0.6) is 5.75 Å². The molecule has 8 heteroatoms. The van der Waals surface area contributed by atoms with Crippen molar-refractivity contribution in [2.75, 3.05) is 6.54 Å². The van der Waals surface area contributed by atoms with Crippen LogP contribution in [0, 0.1) is 0 Å². The summed E-state index contributed by atoms with van der Waals surface area (Å²) in [6.07, 6.45) is 1.54. The van der Waals surface area contributed by atoms with Crippen molar-refractivity contribution in [3.8, 4) is 5.75 Å². The van der Waals surface area contributed by atoms with Crippen molar-refractivity contribution in [2.45, 2.75) is 6.92 Å². The molecule has 1 heterocycles. The third-order valence-electron chi connectivity index (χ3n) is 3.55. The van der Waals surface area contributed by atoms with Crippen molar-refractivity contribution in [3.63, 3.8) is 0 Å². The minimum atomic E-state index is -0.502. The van der Waals surface area contributed by atoms with Crippen LogP contribution in [-0.4, -0.2) is 23.8 Å². The van der Waals surface area contributed by atoms with Crippen molar-refractivity contribution >= 4 is 62.5 Å². The maximum Gasteiger partial charge on any atom is 0.355 e. The summed E-state index contributed by atoms with van der Waals surface area (Å²) >= 11 is 12.7. The molecular formula is C19H16ClN3O2S2. The van der Waals surface area contributed by atoms with Crippen LogP contribution in [0.4, 0.5) is 0 Å². The van der Waals surface area contributed by atoms with Gasteiger partial charge in [0, 0.05) is 22.2 Å². The number of ether oxygens (including phenoxy) is 1. The summed E-state index contributed by atoms with van der Waals surface area (Å²) < 4.78 is 6.50. The minimum absolute atomic E-state index is 0.371. The summed E-state index contributed by atoms with van der Waals surface area (Å²) in [5.74, 6) is -0.117. The lowest BCUT2D eigenvalue weighted by atomic mass is 10.2. The van der Waals surface area contributed by atoms with E-state index in [0.717, 1.165) is 10.1 Å². The Balaban J connectivity index is 1.79. The van der Waals surface area contributed by atoms with Crippen molar-refractivity contribution in [3.05, 3.63) is 64.0 Å². The van der Waals surface area contributed by atoms with Gasteiger partial charge in [-0.1, -0.05) is 41.9 Å². The van der Waals surface area contributed by atoms with Crippen molar-refractivity contribution < 1.29 is 9.53 Å². The lowest BCUT2D eigenvalue weighted by Gasteiger charge is -2.07. The van der Waals surface area contributed by atoms with Gasteiger partial charge in [-0.05, 0) is 37.3 Å². The van der Waals surface area contributed by atoms with E-state index < -0.39 is 5.97 Å². The second-order valence-electron chi connectivity index (χ2n) is 5.40. The second kappa shape index (κ2) is 8.94. The summed E-state index contributed by atoms with van der Waals surface area (Å²) in [6.45, 7) is 2.64. The quantitative estimate of drug-likeness (QED) is 0.209. The highest BCUT2D eigenvalue weighted by atomic mass is 35.5. The van der Waals surface area contributed by atoms with E-state index in [1.165, 1.54) is 11.3 Å². The molecule has 2 aromatic carbocycles. The van der Waals surface area contributed by atoms with Gasteiger partial charge in [-0.3, -0.25) is 5.43 Å². The molecule has 0 aliphatic rings. The summed E-state index contributed by atoms with van der Waals surface area (Å²) in [5.41, 5.74) is 3.34. The highest BCUT2D eigenvalue weighted by Crippen LogP contribution is 2.35. The van der Waals surface area contributed by atoms with Crippen LogP contribution in [-0.2, 0) is 0 Å². The molecule has 3 aromatic rings. The van der Waals surface area contributed by atoms with E-state index in [0.29, 0.717) is 32.9 Å². The molecule has 27 heavy (non-hydrogen) atoms. The Bertz CT molecular complexity index is 1020. The molecule has 0 unspecified atom stereocenters. The van der Waals surface area contributed by atoms with E-state index in [9.17, 15) is 4.79 Å². The standard InChI is InChI=1S/C19H16ClN3O2S2/c1-2-21-19(26)23-22-11-12-7-3-5-9-14(12)25-18(24)17-16(20)13-8-4-6-10-15(13)27-17/h3-11H,2H2,1H3,(H2,21,23,26)/b22-11+. The van der Waals surface area contributed by atoms with Crippen molar-refractivity contribution in [1.29, 1.82) is 0 Å². The highest BCUT2D eigenvalue weighted by Gasteiger charge is 2.19. The van der Waals surface area contributed by atoms with Crippen LogP contribution in [0.3, 0.4) is 0 Å². The molecule has 0 radical (unpaired) electrons. The summed E-state index contributed by atoms with van der Waals surface area (Å²) in [7, 11) is 0. The van der Waals surface area contributed by atoms with E-state index in [1.54, 1.807) is 24.4 Å². The fourth-order valence-corrected chi connectivity index (χ4v) is 3.91. The molecule has 0 amide bonds. The molecule has 0 saturated carbocycles. The zero-order valence-electron chi connectivity index (χ0n) is 14.4. The molecule has 0 bridgehead atoms. The van der Waals surface area contributed by atoms with Crippen LogP contribution in [0.15, 0.2) is 53.6 Å². The fraction of sp³-hybridized carbons (Fsp3) is 0.105. The van der Waals surface area contributed by atoms with Crippen LogP contribution in [0.1, 0.15) is 22.2 Å². The van der Waals surface area contributed by atoms with Gasteiger partial charge in [0.05, 0.1) is 11.2 Å². The van der Waals surface area contributed by atoms with Gasteiger partial charge in [0.15, 0.2) is 5.11 Å². The molecule has 0 spiro atoms. The monoisotopic (exact) mass is 417 g/mol. The smallest absolute Gasteiger partial charge is 0.355 e. The minimum Gasteiger partial charge on any atom is -0.422 e. The number of esters is 1. The van der Waals surface area contributed by atoms with E-state index in [-0.39, 0.29) is 0 Å². The Hall–Kier alpha value is -2.48. The molecule has 2 N–H and O–H groups in total. The molecule has 0 aliphatic heterocycles. The van der Waals surface area contributed by atoms with Gasteiger partial charge in [-0.25, -0.2) is 4.79 Å². The third-order valence-corrected chi connectivity index (χ3v) is 5.44. The maximum atomic E-state index is 12.6. The Morgan fingerprint density at radius 1 is 1.26 bits per heavy atom. The number of carbonyl (C=O) groups is 1. The zero-order chi connectivity index (χ0) is 19.2. The number of nitrogens with one attached hydrogen (secondary N) is 2. The molecule has 1 aromatic heterocycles. The van der Waals surface area contributed by atoms with Crippen LogP contribution >= 0.6 is 35.2 Å². The first-order chi connectivity index (χ1) is 13.1. The van der Waals surface area contributed by atoms with Crippen LogP contribution in [0.25, 0.3) is 10.1 Å². The van der Waals surface area contributed by atoms with Crippen LogP contribution in [0.2, 0.25) is 5.02 Å². The first-order valence-corrected chi connectivity index (χ1v) is 9.75. The number of carbonyl (C=O) groups excluding carboxylic acids is 1. The highest BCUT2D eigenvalue weighted by molar-refractivity contribution is 7.80. The SMILES string of the molecule is CCNC(=S)N/N=C/c1ccccc1OC(=O)c1sc2ccccc2c1Cl. The van der Waals surface area contributed by atoms with Crippen molar-refractivity contribution in [2.24, 2.45) is 5.10 Å². The van der Waals surface area contributed by atoms with E-state index >= 15 is 0 Å². The van der Waals surface area contributed by atoms with Gasteiger partial charge < -0.3 is 10.1 Å². The number of benzene rings is 2. The largest absolute Gasteiger partial charge is 0.422 e. The first kappa shape index (κ1) is 19.3. The average molecular weight is 418 g/mol. The number of para-hydroxylation sites is 1. The number of thiophene rings is 1. The molecule has 0 aliphatic carbocycles. The molecule has 3 rings (SSSR count). The van der Waals surface area contributed by atoms with Crippen LogP contribution < -0.4 is 15.5 Å². The molecular weight excluding hydrogens is 402 g/mol. The average Bonchev–Trinajstić information content (AvgIpc) is 3.00. The lowest BCUT2D eigenvalue weighted by Crippen LogP contribution is -2.31. The van der Waals surface area contributed by atoms with Gasteiger partial charge in [0.1, 0.15) is 10.6 Å². The number of hydrogen-bond acceptors (Lipinski definition) is 5. The lowest BCUT2D eigenvalue weighted by molar-refractivity contribution is 0.0740. The Kier molecular flexibility index (Phi) is 6.39. The Morgan fingerprint density at radius 2 is 2.00 bits per heavy atom. The van der Waals surface area contributed by atoms with E-state index in [4.69, 9.17) is 28.6 Å². The molecule has 0 fully saturated rings. The fourth-order valence-electron chi connectivity index (χ4n) is 2.33. The molecule has 0 atom stereocenters. The Labute approximate surface area is 171 Å². The van der Waals surface area contributed by atoms with Crippen molar-refractivity contribution in [1.82, 2.24) is 10.7 Å². The van der Waals surface area contributed by atoms with Gasteiger partial charge in [0.2, 0.25) is 0 Å². The summed E-state index contributed by atoms with van der Waals surface area (Å²) in [6, 6.07) is 14.7. The predicted octanol–water partition coefficient (Wildman–Crippen LogP) is 4.59. The number of halogens is 1. The number of fused-ring (bicyclic) bond motifs is 1. The van der Waals surface area contributed by atoms with E-state index in [2.05, 4.69) is 15.8 Å². The molecule has 138 valence electrons. The summed E-state index contributed by atoms with van der Waals surface area (Å²) in [5, 5.41) is 8.65. The van der Waals surface area contributed by atoms with E-state index in [1.807, 2.05) is 37.3 Å². The van der Waals surface area contributed by atoms with Gasteiger partial charge in [0.25, 0.3) is 0 Å². The zero-order valence-corrected chi connectivity index (χ0v) is 16.8. The topological polar surface area (TPSA) is 62.7 Å². The number of rotatable bonds is 5. The molecule has 5 nitrogen and oxygen atoms in total. The van der Waals surface area contributed by atoms with Gasteiger partial charge in [-0.15, -0.1) is 11.3 Å².